The first-order valence-corrected chi connectivity index (χ1v) is 6.47. The summed E-state index contributed by atoms with van der Waals surface area (Å²) in [7, 11) is -0.893. The number of hydrogen-bond donors (Lipinski definition) is 0. The van der Waals surface area contributed by atoms with Crippen LogP contribution in [0.25, 0.3) is 0 Å². The molecule has 0 aromatic carbocycles. The fourth-order valence-electron chi connectivity index (χ4n) is 1.66. The molecule has 6 nitrogen and oxygen atoms in total. The molecule has 1 aliphatic rings. The van der Waals surface area contributed by atoms with Crippen LogP contribution in [-0.4, -0.2) is 40.1 Å². The van der Waals surface area contributed by atoms with Crippen molar-refractivity contribution in [2.45, 2.75) is 6.42 Å². The third kappa shape index (κ3) is 2.66. The molecule has 0 amide bonds. The van der Waals surface area contributed by atoms with Gasteiger partial charge >= 0.3 is 5.97 Å². The van der Waals surface area contributed by atoms with Crippen LogP contribution in [0.1, 0.15) is 6.42 Å². The fraction of sp³-hybridized carbons (Fsp3) is 0.667. The fourth-order valence-corrected chi connectivity index (χ4v) is 3.42. The molecule has 92 valence electrons. The van der Waals surface area contributed by atoms with Crippen molar-refractivity contribution in [2.75, 3.05) is 25.7 Å². The Morgan fingerprint density at radius 3 is 2.31 bits per heavy atom. The lowest BCUT2D eigenvalue weighted by molar-refractivity contribution is -0.355. The Labute approximate surface area is 93.8 Å². The molecule has 0 aromatic rings. The summed E-state index contributed by atoms with van der Waals surface area (Å²) in [5, 5.41) is 11.4. The van der Waals surface area contributed by atoms with Crippen LogP contribution in [0.15, 0.2) is 11.5 Å². The van der Waals surface area contributed by atoms with Gasteiger partial charge in [-0.05, 0) is 13.5 Å². The second-order valence-electron chi connectivity index (χ2n) is 3.50. The van der Waals surface area contributed by atoms with Crippen molar-refractivity contribution in [3.63, 3.8) is 0 Å². The molecule has 1 heterocycles. The van der Waals surface area contributed by atoms with Crippen LogP contribution in [0.2, 0.25) is 0 Å². The summed E-state index contributed by atoms with van der Waals surface area (Å²) < 4.78 is 31.4. The van der Waals surface area contributed by atoms with Gasteiger partial charge in [-0.3, -0.25) is 0 Å². The number of ether oxygens (including phenoxy) is 2. The zero-order valence-electron chi connectivity index (χ0n) is 9.06. The maximum atomic E-state index is 11.4. The summed E-state index contributed by atoms with van der Waals surface area (Å²) in [5.41, 5.74) is -0.217. The van der Waals surface area contributed by atoms with Gasteiger partial charge in [0.1, 0.15) is 0 Å². The summed E-state index contributed by atoms with van der Waals surface area (Å²) >= 11 is 0. The molecule has 0 spiro atoms. The normalized spacial score (nSPS) is 24.8. The van der Waals surface area contributed by atoms with Gasteiger partial charge in [-0.25, -0.2) is 13.2 Å². The van der Waals surface area contributed by atoms with Gasteiger partial charge in [-0.1, -0.05) is 0 Å². The highest BCUT2D eigenvalue weighted by atomic mass is 32.2. The van der Waals surface area contributed by atoms with Gasteiger partial charge in [-0.2, -0.15) is 0 Å². The van der Waals surface area contributed by atoms with Gasteiger partial charge in [-0.15, -0.1) is 0 Å². The van der Waals surface area contributed by atoms with Crippen molar-refractivity contribution in [1.82, 2.24) is 0 Å². The Kier molecular flexibility index (Phi) is 3.79. The maximum Gasteiger partial charge on any atom is 0.335 e. The Hall–Kier alpha value is -1.24. The van der Waals surface area contributed by atoms with Crippen molar-refractivity contribution in [3.8, 4) is 0 Å². The number of esters is 1. The Morgan fingerprint density at radius 1 is 1.31 bits per heavy atom. The van der Waals surface area contributed by atoms with Crippen molar-refractivity contribution in [3.05, 3.63) is 11.5 Å². The topological polar surface area (TPSA) is 92.7 Å². The molecular weight excluding hydrogens is 236 g/mol. The first-order chi connectivity index (χ1) is 7.41. The lowest BCUT2D eigenvalue weighted by atomic mass is 9.99. The third-order valence-corrected chi connectivity index (χ3v) is 4.22. The SMILES string of the molecule is COC(=O)C(=C([O-])OC)C1CCS(=O)(=O)C1. The molecule has 16 heavy (non-hydrogen) atoms. The van der Waals surface area contributed by atoms with Crippen LogP contribution in [0.4, 0.5) is 0 Å². The van der Waals surface area contributed by atoms with Crippen LogP contribution in [0.3, 0.4) is 0 Å². The number of carbonyl (C=O) groups excluding carboxylic acids is 1. The van der Waals surface area contributed by atoms with Crippen LogP contribution in [0, 0.1) is 5.92 Å². The maximum absolute atomic E-state index is 11.4. The van der Waals surface area contributed by atoms with E-state index in [2.05, 4.69) is 9.47 Å². The van der Waals surface area contributed by atoms with Crippen molar-refractivity contribution in [1.29, 1.82) is 0 Å². The molecular formula is C9H13O6S-. The molecule has 0 radical (unpaired) electrons. The lowest BCUT2D eigenvalue weighted by Gasteiger charge is -2.18. The summed E-state index contributed by atoms with van der Waals surface area (Å²) in [6.07, 6.45) is 0.252. The second-order valence-corrected chi connectivity index (χ2v) is 5.73. The summed E-state index contributed by atoms with van der Waals surface area (Å²) in [4.78, 5) is 11.4. The van der Waals surface area contributed by atoms with Gasteiger partial charge in [0.2, 0.25) is 0 Å². The van der Waals surface area contributed by atoms with Crippen LogP contribution >= 0.6 is 0 Å². The first-order valence-electron chi connectivity index (χ1n) is 4.65. The van der Waals surface area contributed by atoms with E-state index < -0.39 is 27.7 Å². The predicted molar refractivity (Wildman–Crippen MR) is 52.8 cm³/mol. The van der Waals surface area contributed by atoms with E-state index in [4.69, 9.17) is 0 Å². The molecule has 0 aliphatic carbocycles. The molecule has 1 unspecified atom stereocenters. The highest BCUT2D eigenvalue weighted by Gasteiger charge is 2.34. The number of methoxy groups -OCH3 is 2. The molecule has 0 N–H and O–H groups in total. The van der Waals surface area contributed by atoms with Gasteiger partial charge in [0.15, 0.2) is 9.84 Å². The Morgan fingerprint density at radius 2 is 1.94 bits per heavy atom. The minimum atomic E-state index is -3.16. The number of sulfone groups is 1. The molecule has 0 aromatic heterocycles. The van der Waals surface area contributed by atoms with E-state index in [0.29, 0.717) is 0 Å². The van der Waals surface area contributed by atoms with Gasteiger partial charge in [0, 0.05) is 5.92 Å². The molecule has 1 aliphatic heterocycles. The molecule has 0 bridgehead atoms. The average Bonchev–Trinajstić information content (AvgIpc) is 2.58. The highest BCUT2D eigenvalue weighted by molar-refractivity contribution is 7.91. The molecule has 1 rings (SSSR count). The van der Waals surface area contributed by atoms with E-state index in [1.807, 2.05) is 0 Å². The predicted octanol–water partition coefficient (Wildman–Crippen LogP) is -1.19. The summed E-state index contributed by atoms with van der Waals surface area (Å²) in [6.45, 7) is 0. The van der Waals surface area contributed by atoms with Crippen molar-refractivity contribution >= 4 is 15.8 Å². The minimum absolute atomic E-state index is 0.0187. The lowest BCUT2D eigenvalue weighted by Crippen LogP contribution is -2.23. The smallest absolute Gasteiger partial charge is 0.335 e. The van der Waals surface area contributed by atoms with Crippen molar-refractivity contribution < 1.29 is 27.8 Å². The largest absolute Gasteiger partial charge is 0.616 e. The van der Waals surface area contributed by atoms with E-state index in [-0.39, 0.29) is 23.5 Å². The quantitative estimate of drug-likeness (QED) is 0.355. The van der Waals surface area contributed by atoms with Crippen LogP contribution in [-0.2, 0) is 24.1 Å². The van der Waals surface area contributed by atoms with E-state index in [1.165, 1.54) is 0 Å². The van der Waals surface area contributed by atoms with Gasteiger partial charge < -0.3 is 14.6 Å². The van der Waals surface area contributed by atoms with Crippen molar-refractivity contribution in [2.24, 2.45) is 5.92 Å². The Balaban J connectivity index is 3.01. The Bertz CT molecular complexity index is 408. The van der Waals surface area contributed by atoms with E-state index in [0.717, 1.165) is 14.2 Å². The zero-order chi connectivity index (χ0) is 12.3. The third-order valence-electron chi connectivity index (χ3n) is 2.45. The van der Waals surface area contributed by atoms with E-state index in [9.17, 15) is 18.3 Å². The number of carbonyl (C=O) groups is 1. The monoisotopic (exact) mass is 249 g/mol. The minimum Gasteiger partial charge on any atom is -0.616 e. The van der Waals surface area contributed by atoms with Crippen LogP contribution in [0.5, 0.6) is 0 Å². The molecule has 7 heteroatoms. The molecule has 0 saturated carbocycles. The molecule has 1 atom stereocenters. The average molecular weight is 249 g/mol. The zero-order valence-corrected chi connectivity index (χ0v) is 9.87. The molecule has 1 saturated heterocycles. The van der Waals surface area contributed by atoms with E-state index >= 15 is 0 Å². The number of hydrogen-bond acceptors (Lipinski definition) is 6. The highest BCUT2D eigenvalue weighted by Crippen LogP contribution is 2.27. The number of rotatable bonds is 3. The second kappa shape index (κ2) is 4.73. The van der Waals surface area contributed by atoms with E-state index in [1.54, 1.807) is 0 Å². The van der Waals surface area contributed by atoms with Gasteiger partial charge in [0.25, 0.3) is 0 Å². The van der Waals surface area contributed by atoms with Crippen LogP contribution < -0.4 is 5.11 Å². The van der Waals surface area contributed by atoms with Gasteiger partial charge in [0.05, 0.1) is 30.1 Å². The first kappa shape index (κ1) is 12.8. The standard InChI is InChI=1S/C9H14O6S/c1-14-8(10)7(9(11)15-2)6-3-4-16(12,13)5-6/h6,10H,3-5H2,1-2H3/p-1. The summed E-state index contributed by atoms with van der Waals surface area (Å²) in [5.74, 6) is -2.49. The summed E-state index contributed by atoms with van der Waals surface area (Å²) in [6, 6.07) is 0. The molecule has 1 fully saturated rings.